The number of carbonyl (C=O) groups excluding carboxylic acids is 2. The van der Waals surface area contributed by atoms with E-state index in [9.17, 15) is 31.5 Å². The smallest absolute Gasteiger partial charge is 0.369 e. The lowest BCUT2D eigenvalue weighted by molar-refractivity contribution is -0.137. The number of alkyl halides is 3. The molecule has 1 unspecified atom stereocenters. The van der Waals surface area contributed by atoms with Gasteiger partial charge in [0.15, 0.2) is 0 Å². The molecule has 1 atom stereocenters. The van der Waals surface area contributed by atoms with Gasteiger partial charge in [0.05, 0.1) is 23.6 Å². The fourth-order valence-electron chi connectivity index (χ4n) is 4.52. The van der Waals surface area contributed by atoms with Crippen molar-refractivity contribution < 1.29 is 31.5 Å². The van der Waals surface area contributed by atoms with E-state index in [4.69, 9.17) is 16.9 Å². The van der Waals surface area contributed by atoms with Gasteiger partial charge in [-0.15, -0.1) is 0 Å². The summed E-state index contributed by atoms with van der Waals surface area (Å²) in [5.41, 5.74) is -0.899. The molecule has 2 heterocycles. The van der Waals surface area contributed by atoms with Gasteiger partial charge in [0.1, 0.15) is 11.6 Å². The van der Waals surface area contributed by atoms with E-state index in [0.717, 1.165) is 12.1 Å². The third-order valence-corrected chi connectivity index (χ3v) is 6.75. The first-order chi connectivity index (χ1) is 17.9. The predicted molar refractivity (Wildman–Crippen MR) is 128 cm³/mol. The Labute approximate surface area is 217 Å². The molecule has 5 rings (SSSR count). The van der Waals surface area contributed by atoms with Gasteiger partial charge in [0.2, 0.25) is 0 Å². The molecule has 1 saturated heterocycles. The Morgan fingerprint density at radius 3 is 2.50 bits per heavy atom. The van der Waals surface area contributed by atoms with Crippen molar-refractivity contribution in [1.29, 1.82) is 5.26 Å². The Hall–Kier alpha value is -4.17. The van der Waals surface area contributed by atoms with Gasteiger partial charge in [-0.3, -0.25) is 9.59 Å². The topological polar surface area (TPSA) is 85.2 Å². The normalized spacial score (nSPS) is 16.9. The van der Waals surface area contributed by atoms with Crippen LogP contribution in [0.25, 0.3) is 0 Å². The summed E-state index contributed by atoms with van der Waals surface area (Å²) in [7, 11) is 0. The number of anilines is 2. The molecule has 0 spiro atoms. The molecule has 2 aliphatic heterocycles. The van der Waals surface area contributed by atoms with Crippen molar-refractivity contribution in [2.45, 2.75) is 12.2 Å². The first-order valence-electron chi connectivity index (χ1n) is 11.2. The van der Waals surface area contributed by atoms with E-state index in [-0.39, 0.29) is 39.4 Å². The van der Waals surface area contributed by atoms with Crippen molar-refractivity contribution in [3.8, 4) is 6.07 Å². The van der Waals surface area contributed by atoms with Gasteiger partial charge in [0, 0.05) is 51.7 Å². The second kappa shape index (κ2) is 9.29. The minimum atomic E-state index is -4.89. The minimum absolute atomic E-state index is 0.0319. The fourth-order valence-corrected chi connectivity index (χ4v) is 4.75. The molecule has 194 valence electrons. The zero-order valence-corrected chi connectivity index (χ0v) is 19.9. The molecule has 38 heavy (non-hydrogen) atoms. The van der Waals surface area contributed by atoms with E-state index >= 15 is 0 Å². The highest BCUT2D eigenvalue weighted by atomic mass is 35.5. The van der Waals surface area contributed by atoms with Gasteiger partial charge in [-0.1, -0.05) is 11.6 Å². The summed E-state index contributed by atoms with van der Waals surface area (Å²) in [5.74, 6) is -3.73. The average Bonchev–Trinajstić information content (AvgIpc) is 3.15. The van der Waals surface area contributed by atoms with Crippen LogP contribution in [-0.2, 0) is 6.18 Å². The quantitative estimate of drug-likeness (QED) is 0.412. The third-order valence-electron chi connectivity index (χ3n) is 6.41. The maximum absolute atomic E-state index is 14.1. The summed E-state index contributed by atoms with van der Waals surface area (Å²) < 4.78 is 67.6. The molecule has 1 fully saturated rings. The maximum atomic E-state index is 14.1. The van der Waals surface area contributed by atoms with Gasteiger partial charge < -0.3 is 15.5 Å². The van der Waals surface area contributed by atoms with Gasteiger partial charge in [0.25, 0.3) is 11.8 Å². The molecule has 2 N–H and O–H groups in total. The van der Waals surface area contributed by atoms with Crippen molar-refractivity contribution in [2.24, 2.45) is 5.92 Å². The number of rotatable bonds is 4. The van der Waals surface area contributed by atoms with Crippen LogP contribution in [0, 0.1) is 28.9 Å². The molecule has 3 aromatic carbocycles. The number of benzene rings is 3. The summed E-state index contributed by atoms with van der Waals surface area (Å²) >= 11 is 6.27. The van der Waals surface area contributed by atoms with Crippen molar-refractivity contribution in [1.82, 2.24) is 5.32 Å². The minimum Gasteiger partial charge on any atom is -0.369 e. The lowest BCUT2D eigenvalue weighted by Gasteiger charge is -2.37. The number of hydrogen-bond donors (Lipinski definition) is 2. The van der Waals surface area contributed by atoms with Crippen LogP contribution in [0.15, 0.2) is 48.5 Å². The second-order valence-corrected chi connectivity index (χ2v) is 9.35. The molecule has 2 amide bonds. The van der Waals surface area contributed by atoms with Gasteiger partial charge in [-0.2, -0.15) is 18.4 Å². The Balaban J connectivity index is 1.60. The fraction of sp³-hybridized carbons (Fsp3) is 0.192. The molecular formula is C26H16ClF5N4O2. The van der Waals surface area contributed by atoms with Crippen molar-refractivity contribution >= 4 is 34.8 Å². The SMILES string of the molecule is N#CC1CN(c2cc(NC(=O)c3cc(F)cc(C(F)(F)F)c3)c3c(c2)C(=O)NC3c2cc(F)ccc2Cl)C1. The van der Waals surface area contributed by atoms with Crippen molar-refractivity contribution in [3.63, 3.8) is 0 Å². The zero-order chi connectivity index (χ0) is 27.4. The molecule has 0 bridgehead atoms. The molecule has 6 nitrogen and oxygen atoms in total. The highest BCUT2D eigenvalue weighted by molar-refractivity contribution is 6.31. The number of amides is 2. The Morgan fingerprint density at radius 1 is 1.08 bits per heavy atom. The average molecular weight is 547 g/mol. The molecule has 0 aliphatic carbocycles. The monoisotopic (exact) mass is 546 g/mol. The van der Waals surface area contributed by atoms with Crippen LogP contribution in [0.4, 0.5) is 33.3 Å². The summed E-state index contributed by atoms with van der Waals surface area (Å²) in [6.45, 7) is 0.727. The number of nitriles is 1. The lowest BCUT2D eigenvalue weighted by Crippen LogP contribution is -2.46. The largest absolute Gasteiger partial charge is 0.416 e. The highest BCUT2D eigenvalue weighted by Gasteiger charge is 2.37. The number of nitrogens with zero attached hydrogens (tertiary/aromatic N) is 2. The van der Waals surface area contributed by atoms with Crippen molar-refractivity contribution in [3.05, 3.63) is 93.0 Å². The summed E-state index contributed by atoms with van der Waals surface area (Å²) in [6.07, 6.45) is -4.89. The number of nitrogens with one attached hydrogen (secondary N) is 2. The van der Waals surface area contributed by atoms with Crippen LogP contribution < -0.4 is 15.5 Å². The highest BCUT2D eigenvalue weighted by Crippen LogP contribution is 2.42. The van der Waals surface area contributed by atoms with Crippen LogP contribution in [-0.4, -0.2) is 24.9 Å². The van der Waals surface area contributed by atoms with Gasteiger partial charge in [-0.05, 0) is 48.5 Å². The Kier molecular flexibility index (Phi) is 6.23. The molecule has 0 aromatic heterocycles. The molecular weight excluding hydrogens is 531 g/mol. The third kappa shape index (κ3) is 4.63. The predicted octanol–water partition coefficient (Wildman–Crippen LogP) is 5.68. The summed E-state index contributed by atoms with van der Waals surface area (Å²) in [4.78, 5) is 27.8. The number of halogens is 6. The van der Waals surface area contributed by atoms with Crippen LogP contribution >= 0.6 is 11.6 Å². The lowest BCUT2D eigenvalue weighted by atomic mass is 9.94. The van der Waals surface area contributed by atoms with Gasteiger partial charge >= 0.3 is 6.18 Å². The standard InChI is InChI=1S/C26H16ClF5N4O2/c27-20-2-1-15(28)6-18(20)23-22-19(25(38)35-23)7-17(36-10-12(9-33)11-36)8-21(22)34-24(37)13-3-14(26(30,31)32)5-16(29)4-13/h1-8,12,23H,10-11H2,(H,34,37)(H,35,38). The Bertz CT molecular complexity index is 1530. The number of carbonyl (C=O) groups is 2. The molecule has 0 saturated carbocycles. The van der Waals surface area contributed by atoms with E-state index in [1.54, 1.807) is 11.0 Å². The van der Waals surface area contributed by atoms with Gasteiger partial charge in [-0.25, -0.2) is 8.78 Å². The summed E-state index contributed by atoms with van der Waals surface area (Å²) in [6, 6.07) is 9.17. The van der Waals surface area contributed by atoms with E-state index in [1.165, 1.54) is 12.1 Å². The number of hydrogen-bond acceptors (Lipinski definition) is 4. The zero-order valence-electron chi connectivity index (χ0n) is 19.2. The number of fused-ring (bicyclic) bond motifs is 1. The maximum Gasteiger partial charge on any atom is 0.416 e. The molecule has 12 heteroatoms. The van der Waals surface area contributed by atoms with Crippen LogP contribution in [0.1, 0.15) is 43.4 Å². The van der Waals surface area contributed by atoms with Crippen LogP contribution in [0.2, 0.25) is 5.02 Å². The van der Waals surface area contributed by atoms with Crippen LogP contribution in [0.3, 0.4) is 0 Å². The van der Waals surface area contributed by atoms with E-state index in [0.29, 0.717) is 30.9 Å². The summed E-state index contributed by atoms with van der Waals surface area (Å²) in [5, 5.41) is 14.4. The van der Waals surface area contributed by atoms with E-state index < -0.39 is 46.8 Å². The molecule has 2 aliphatic rings. The van der Waals surface area contributed by atoms with E-state index in [2.05, 4.69) is 16.7 Å². The van der Waals surface area contributed by atoms with Crippen LogP contribution in [0.5, 0.6) is 0 Å². The first-order valence-corrected chi connectivity index (χ1v) is 11.6. The second-order valence-electron chi connectivity index (χ2n) is 8.94. The van der Waals surface area contributed by atoms with Crippen molar-refractivity contribution in [2.75, 3.05) is 23.3 Å². The first kappa shape index (κ1) is 25.5. The Morgan fingerprint density at radius 2 is 1.82 bits per heavy atom. The van der Waals surface area contributed by atoms with E-state index in [1.807, 2.05) is 0 Å². The molecule has 3 aromatic rings. The molecule has 0 radical (unpaired) electrons.